The van der Waals surface area contributed by atoms with E-state index in [9.17, 15) is 10.2 Å². The molecule has 0 atom stereocenters. The molecule has 0 unspecified atom stereocenters. The molecule has 2 aromatic carbocycles. The number of hydrogen-bond acceptors (Lipinski definition) is 5. The molecular formula is C24H20N2O3. The fourth-order valence-corrected chi connectivity index (χ4v) is 3.21. The molecular weight excluding hydrogens is 364 g/mol. The lowest BCUT2D eigenvalue weighted by Gasteiger charge is -2.10. The van der Waals surface area contributed by atoms with Crippen LogP contribution < -0.4 is 4.74 Å². The highest BCUT2D eigenvalue weighted by molar-refractivity contribution is 5.74. The number of benzene rings is 2. The molecule has 0 saturated carbocycles. The molecule has 5 heteroatoms. The fraction of sp³-hybridized carbons (Fsp3) is 0.0833. The molecule has 0 aliphatic rings. The summed E-state index contributed by atoms with van der Waals surface area (Å²) in [7, 11) is 1.51. The van der Waals surface area contributed by atoms with Crippen LogP contribution in [0, 0.1) is 6.92 Å². The first-order valence-corrected chi connectivity index (χ1v) is 9.18. The maximum Gasteiger partial charge on any atom is 0.167 e. The third-order valence-corrected chi connectivity index (χ3v) is 4.77. The summed E-state index contributed by atoms with van der Waals surface area (Å²) in [5.74, 6) is 0.663. The Hall–Kier alpha value is -3.86. The van der Waals surface area contributed by atoms with Crippen LogP contribution in [0.5, 0.6) is 17.2 Å². The number of para-hydroxylation sites is 2. The van der Waals surface area contributed by atoms with Crippen LogP contribution in [0.3, 0.4) is 0 Å². The van der Waals surface area contributed by atoms with Gasteiger partial charge in [0, 0.05) is 11.1 Å². The molecule has 0 radical (unpaired) electrons. The second-order valence-electron chi connectivity index (χ2n) is 6.64. The van der Waals surface area contributed by atoms with Gasteiger partial charge in [-0.15, -0.1) is 0 Å². The first kappa shape index (κ1) is 18.5. The first-order chi connectivity index (χ1) is 14.1. The molecule has 0 amide bonds. The smallest absolute Gasteiger partial charge is 0.167 e. The highest BCUT2D eigenvalue weighted by Crippen LogP contribution is 2.37. The summed E-state index contributed by atoms with van der Waals surface area (Å²) in [5, 5.41) is 20.8. The molecule has 0 aliphatic heterocycles. The molecule has 0 saturated heterocycles. The molecule has 0 aliphatic carbocycles. The number of aromatic hydroxyl groups is 2. The Morgan fingerprint density at radius 2 is 1.10 bits per heavy atom. The van der Waals surface area contributed by atoms with Gasteiger partial charge in [0.2, 0.25) is 0 Å². The van der Waals surface area contributed by atoms with E-state index in [1.807, 2.05) is 67.6 Å². The third-order valence-electron chi connectivity index (χ3n) is 4.77. The zero-order chi connectivity index (χ0) is 20.4. The number of aromatic nitrogens is 2. The number of aryl methyl sites for hydroxylation is 1. The first-order valence-electron chi connectivity index (χ1n) is 9.18. The molecule has 2 heterocycles. The van der Waals surface area contributed by atoms with Gasteiger partial charge in [0.15, 0.2) is 11.5 Å². The minimum absolute atomic E-state index is 0.0473. The van der Waals surface area contributed by atoms with E-state index in [1.165, 1.54) is 7.11 Å². The molecule has 2 aromatic heterocycles. The van der Waals surface area contributed by atoms with Crippen molar-refractivity contribution in [3.05, 3.63) is 78.4 Å². The van der Waals surface area contributed by atoms with E-state index in [1.54, 1.807) is 12.1 Å². The van der Waals surface area contributed by atoms with Crippen LogP contribution in [-0.4, -0.2) is 27.3 Å². The van der Waals surface area contributed by atoms with Gasteiger partial charge >= 0.3 is 0 Å². The van der Waals surface area contributed by atoms with Crippen molar-refractivity contribution in [3.63, 3.8) is 0 Å². The van der Waals surface area contributed by atoms with Gasteiger partial charge < -0.3 is 14.9 Å². The predicted molar refractivity (Wildman–Crippen MR) is 113 cm³/mol. The van der Waals surface area contributed by atoms with Crippen molar-refractivity contribution in [1.29, 1.82) is 0 Å². The zero-order valence-electron chi connectivity index (χ0n) is 16.1. The Labute approximate surface area is 168 Å². The average molecular weight is 384 g/mol. The number of phenolic OH excluding ortho intramolecular Hbond substituents is 2. The van der Waals surface area contributed by atoms with Gasteiger partial charge in [-0.25, -0.2) is 9.97 Å². The van der Waals surface area contributed by atoms with Gasteiger partial charge in [-0.05, 0) is 55.0 Å². The number of pyridine rings is 2. The normalized spacial score (nSPS) is 10.7. The number of nitrogens with zero attached hydrogens (tertiary/aromatic N) is 2. The number of ether oxygens (including phenoxy) is 1. The fourth-order valence-electron chi connectivity index (χ4n) is 3.21. The molecule has 0 fully saturated rings. The van der Waals surface area contributed by atoms with Crippen LogP contribution in [0.4, 0.5) is 0 Å². The van der Waals surface area contributed by atoms with Gasteiger partial charge in [-0.3, -0.25) is 0 Å². The standard InChI is InChI=1S/C24H20N2O3/c1-15-7-3-8-16(23(15)27)18-10-5-12-20(25-18)21-13-6-11-19(26-21)17-9-4-14-22(29-2)24(17)28/h3-14,27-28H,1-2H3. The van der Waals surface area contributed by atoms with Crippen molar-refractivity contribution in [3.8, 4) is 51.2 Å². The number of phenols is 2. The van der Waals surface area contributed by atoms with Gasteiger partial charge in [0.05, 0.1) is 29.9 Å². The van der Waals surface area contributed by atoms with Crippen LogP contribution in [-0.2, 0) is 0 Å². The van der Waals surface area contributed by atoms with E-state index in [-0.39, 0.29) is 11.5 Å². The molecule has 0 spiro atoms. The van der Waals surface area contributed by atoms with Crippen molar-refractivity contribution in [2.24, 2.45) is 0 Å². The van der Waals surface area contributed by atoms with Crippen LogP contribution >= 0.6 is 0 Å². The summed E-state index contributed by atoms with van der Waals surface area (Å²) in [5.41, 5.74) is 4.67. The Kier molecular flexibility index (Phi) is 4.87. The Morgan fingerprint density at radius 3 is 1.69 bits per heavy atom. The molecule has 0 bridgehead atoms. The summed E-state index contributed by atoms with van der Waals surface area (Å²) in [4.78, 5) is 9.38. The second-order valence-corrected chi connectivity index (χ2v) is 6.64. The topological polar surface area (TPSA) is 75.5 Å². The molecule has 5 nitrogen and oxygen atoms in total. The van der Waals surface area contributed by atoms with Crippen LogP contribution in [0.1, 0.15) is 5.56 Å². The van der Waals surface area contributed by atoms with Gasteiger partial charge in [-0.1, -0.05) is 30.3 Å². The van der Waals surface area contributed by atoms with E-state index >= 15 is 0 Å². The van der Waals surface area contributed by atoms with Crippen molar-refractivity contribution < 1.29 is 14.9 Å². The highest BCUT2D eigenvalue weighted by atomic mass is 16.5. The number of methoxy groups -OCH3 is 1. The van der Waals surface area contributed by atoms with Crippen LogP contribution in [0.15, 0.2) is 72.8 Å². The van der Waals surface area contributed by atoms with Crippen molar-refractivity contribution in [2.75, 3.05) is 7.11 Å². The van der Waals surface area contributed by atoms with E-state index in [2.05, 4.69) is 4.98 Å². The molecule has 144 valence electrons. The summed E-state index contributed by atoms with van der Waals surface area (Å²) in [6.45, 7) is 1.86. The summed E-state index contributed by atoms with van der Waals surface area (Å²) >= 11 is 0. The molecule has 4 aromatic rings. The number of hydrogen-bond donors (Lipinski definition) is 2. The van der Waals surface area contributed by atoms with Gasteiger partial charge in [-0.2, -0.15) is 0 Å². The maximum absolute atomic E-state index is 10.4. The van der Waals surface area contributed by atoms with E-state index < -0.39 is 0 Å². The maximum atomic E-state index is 10.4. The quantitative estimate of drug-likeness (QED) is 0.505. The lowest BCUT2D eigenvalue weighted by molar-refractivity contribution is 0.374. The molecule has 4 rings (SSSR count). The highest BCUT2D eigenvalue weighted by Gasteiger charge is 2.13. The van der Waals surface area contributed by atoms with E-state index in [0.717, 1.165) is 5.56 Å². The minimum Gasteiger partial charge on any atom is -0.507 e. The summed E-state index contributed by atoms with van der Waals surface area (Å²) in [6.07, 6.45) is 0. The predicted octanol–water partition coefficient (Wildman–Crippen LogP) is 5.21. The van der Waals surface area contributed by atoms with Crippen LogP contribution in [0.2, 0.25) is 0 Å². The minimum atomic E-state index is 0.0473. The van der Waals surface area contributed by atoms with Crippen LogP contribution in [0.25, 0.3) is 33.9 Å². The third kappa shape index (κ3) is 3.50. The van der Waals surface area contributed by atoms with E-state index in [0.29, 0.717) is 39.7 Å². The van der Waals surface area contributed by atoms with Gasteiger partial charge in [0.25, 0.3) is 0 Å². The van der Waals surface area contributed by atoms with Crippen molar-refractivity contribution in [2.45, 2.75) is 6.92 Å². The lowest BCUT2D eigenvalue weighted by Crippen LogP contribution is -1.93. The van der Waals surface area contributed by atoms with Gasteiger partial charge in [0.1, 0.15) is 5.75 Å². The lowest BCUT2D eigenvalue weighted by atomic mass is 10.1. The summed E-state index contributed by atoms with van der Waals surface area (Å²) < 4.78 is 5.19. The Bertz CT molecular complexity index is 1190. The zero-order valence-corrected chi connectivity index (χ0v) is 16.1. The Morgan fingerprint density at radius 1 is 0.621 bits per heavy atom. The summed E-state index contributed by atoms with van der Waals surface area (Å²) in [6, 6.07) is 22.1. The second kappa shape index (κ2) is 7.64. The SMILES string of the molecule is COc1cccc(-c2cccc(-c3cccc(-c4cccc(C)c4O)n3)n2)c1O. The van der Waals surface area contributed by atoms with Crippen molar-refractivity contribution >= 4 is 0 Å². The monoisotopic (exact) mass is 384 g/mol. The Balaban J connectivity index is 1.78. The molecule has 2 N–H and O–H groups in total. The molecule has 29 heavy (non-hydrogen) atoms. The number of rotatable bonds is 4. The van der Waals surface area contributed by atoms with E-state index in [4.69, 9.17) is 9.72 Å². The average Bonchev–Trinajstić information content (AvgIpc) is 2.76. The van der Waals surface area contributed by atoms with Crippen molar-refractivity contribution in [1.82, 2.24) is 9.97 Å². The largest absolute Gasteiger partial charge is 0.507 e.